The van der Waals surface area contributed by atoms with Crippen molar-refractivity contribution < 1.29 is 34.2 Å². The molecule has 0 aromatic carbocycles. The van der Waals surface area contributed by atoms with E-state index >= 15 is 0 Å². The van der Waals surface area contributed by atoms with E-state index in [1.54, 1.807) is 0 Å². The third-order valence-corrected chi connectivity index (χ3v) is 9.14. The molecule has 0 bridgehead atoms. The largest absolute Gasteiger partial charge is 0.481 e. The topological polar surface area (TPSA) is 112 Å². The van der Waals surface area contributed by atoms with Crippen molar-refractivity contribution in [2.75, 3.05) is 26.2 Å². The Morgan fingerprint density at radius 1 is 0.524 bits per heavy atom. The van der Waals surface area contributed by atoms with Crippen LogP contribution in [0.2, 0.25) is 0 Å². The van der Waals surface area contributed by atoms with Gasteiger partial charge in [0.05, 0.1) is 26.2 Å². The molecule has 3 unspecified atom stereocenters. The van der Waals surface area contributed by atoms with Crippen molar-refractivity contribution >= 4 is 17.9 Å². The van der Waals surface area contributed by atoms with Crippen molar-refractivity contribution in [2.45, 2.75) is 149 Å². The molecule has 0 rings (SSSR count). The Morgan fingerprint density at radius 3 is 1.02 bits per heavy atom. The normalized spacial score (nSPS) is 15.0. The van der Waals surface area contributed by atoms with Gasteiger partial charge in [-0.2, -0.15) is 0 Å². The second-order valence-corrected chi connectivity index (χ2v) is 12.7. The van der Waals surface area contributed by atoms with Crippen molar-refractivity contribution in [3.63, 3.8) is 0 Å². The molecule has 246 valence electrons. The number of carboxylic acid groups (broad SMARTS) is 3. The number of hydrogen-bond donors (Lipinski definition) is 3. The predicted octanol–water partition coefficient (Wildman–Crippen LogP) is 8.95. The Kier molecular flexibility index (Phi) is 24.4. The van der Waals surface area contributed by atoms with E-state index in [9.17, 15) is 29.7 Å². The summed E-state index contributed by atoms with van der Waals surface area (Å²) < 4.78 is 0.260. The van der Waals surface area contributed by atoms with Gasteiger partial charge in [0.15, 0.2) is 0 Å². The van der Waals surface area contributed by atoms with E-state index in [0.29, 0.717) is 25.8 Å². The number of unbranched alkanes of at least 4 members (excludes halogenated alkanes) is 16. The Hall–Kier alpha value is -1.89. The van der Waals surface area contributed by atoms with Crippen LogP contribution >= 0.6 is 0 Å². The van der Waals surface area contributed by atoms with Crippen LogP contribution in [0.25, 0.3) is 0 Å². The molecular weight excluding hydrogens is 530 g/mol. The molecule has 0 aliphatic heterocycles. The lowest BCUT2D eigenvalue weighted by Crippen LogP contribution is -2.58. The zero-order valence-electron chi connectivity index (χ0n) is 27.5. The molecule has 0 aliphatic rings. The van der Waals surface area contributed by atoms with Gasteiger partial charge in [-0.25, -0.2) is 0 Å². The third-order valence-electron chi connectivity index (χ3n) is 9.14. The van der Waals surface area contributed by atoms with E-state index < -0.39 is 35.7 Å². The zero-order valence-corrected chi connectivity index (χ0v) is 27.5. The molecule has 0 spiro atoms. The Balaban J connectivity index is 4.65. The zero-order chi connectivity index (χ0) is 31.6. The van der Waals surface area contributed by atoms with E-state index in [-0.39, 0.29) is 24.1 Å². The van der Waals surface area contributed by atoms with Crippen molar-refractivity contribution in [3.8, 4) is 0 Å². The average molecular weight is 597 g/mol. The van der Waals surface area contributed by atoms with Crippen LogP contribution in [0.3, 0.4) is 0 Å². The molecule has 0 amide bonds. The van der Waals surface area contributed by atoms with Crippen LogP contribution in [0.1, 0.15) is 149 Å². The van der Waals surface area contributed by atoms with E-state index in [1.165, 1.54) is 83.5 Å². The Morgan fingerprint density at radius 2 is 0.786 bits per heavy atom. The van der Waals surface area contributed by atoms with Crippen LogP contribution in [0.5, 0.6) is 0 Å². The van der Waals surface area contributed by atoms with E-state index in [2.05, 4.69) is 6.58 Å². The number of carboxylic acids is 3. The van der Waals surface area contributed by atoms with Gasteiger partial charge in [0.2, 0.25) is 0 Å². The standard InChI is InChI=1S/C35H65NO6/c1-5-9-10-11-12-13-14-15-16-17-18-19-20-21-22-23-24-25-26-36(27-30(6-2)33(37)38,28-31(7-3)34(39)40)29-32(8-4)35(41)42/h5,30-32H,1,6-29H2,2-4H3,(H2-,37,38,39,40,41,42)/p+1. The summed E-state index contributed by atoms with van der Waals surface area (Å²) in [5.41, 5.74) is 0. The van der Waals surface area contributed by atoms with Crippen molar-refractivity contribution in [2.24, 2.45) is 17.8 Å². The molecule has 0 aromatic rings. The van der Waals surface area contributed by atoms with Crippen LogP contribution in [0.4, 0.5) is 0 Å². The molecule has 3 atom stereocenters. The van der Waals surface area contributed by atoms with Crippen LogP contribution in [0, 0.1) is 17.8 Å². The SMILES string of the molecule is C=CCCCCCCCCCCCCCCCCCC[N+](CC(CC)C(=O)O)(CC(CC)C(=O)O)CC(CC)C(=O)O. The fourth-order valence-electron chi connectivity index (χ4n) is 6.26. The molecule has 42 heavy (non-hydrogen) atoms. The summed E-state index contributed by atoms with van der Waals surface area (Å²) in [7, 11) is 0. The fourth-order valence-corrected chi connectivity index (χ4v) is 6.26. The summed E-state index contributed by atoms with van der Waals surface area (Å²) in [6.45, 7) is 10.8. The number of hydrogen-bond acceptors (Lipinski definition) is 3. The first kappa shape index (κ1) is 40.1. The second-order valence-electron chi connectivity index (χ2n) is 12.7. The second kappa shape index (κ2) is 25.6. The summed E-state index contributed by atoms with van der Waals surface area (Å²) in [5.74, 6) is -4.51. The maximum Gasteiger partial charge on any atom is 0.312 e. The predicted molar refractivity (Wildman–Crippen MR) is 173 cm³/mol. The fraction of sp³-hybridized carbons (Fsp3) is 0.857. The summed E-state index contributed by atoms with van der Waals surface area (Å²) >= 11 is 0. The molecule has 0 fully saturated rings. The average Bonchev–Trinajstić information content (AvgIpc) is 2.96. The minimum Gasteiger partial charge on any atom is -0.481 e. The minimum atomic E-state index is -0.887. The molecular formula is C35H66NO6+. The maximum absolute atomic E-state index is 12.0. The van der Waals surface area contributed by atoms with Gasteiger partial charge in [-0.1, -0.05) is 110 Å². The molecule has 3 N–H and O–H groups in total. The Bertz CT molecular complexity index is 664. The molecule has 7 heteroatoms. The lowest BCUT2D eigenvalue weighted by molar-refractivity contribution is -0.935. The first-order chi connectivity index (χ1) is 20.2. The van der Waals surface area contributed by atoms with Crippen LogP contribution in [-0.2, 0) is 14.4 Å². The van der Waals surface area contributed by atoms with Gasteiger partial charge in [-0.05, 0) is 44.9 Å². The van der Waals surface area contributed by atoms with E-state index in [0.717, 1.165) is 25.7 Å². The van der Waals surface area contributed by atoms with Crippen LogP contribution in [0.15, 0.2) is 12.7 Å². The van der Waals surface area contributed by atoms with Crippen molar-refractivity contribution in [1.29, 1.82) is 0 Å². The van der Waals surface area contributed by atoms with Crippen molar-refractivity contribution in [3.05, 3.63) is 12.7 Å². The number of carbonyl (C=O) groups is 3. The van der Waals surface area contributed by atoms with Crippen LogP contribution < -0.4 is 0 Å². The lowest BCUT2D eigenvalue weighted by Gasteiger charge is -2.43. The summed E-state index contributed by atoms with van der Waals surface area (Å²) in [6.07, 6.45) is 24.6. The van der Waals surface area contributed by atoms with Gasteiger partial charge in [0, 0.05) is 0 Å². The van der Waals surface area contributed by atoms with E-state index in [1.807, 2.05) is 26.8 Å². The quantitative estimate of drug-likeness (QED) is 0.0418. The maximum atomic E-state index is 12.0. The molecule has 0 saturated heterocycles. The molecule has 0 aromatic heterocycles. The van der Waals surface area contributed by atoms with Gasteiger partial charge in [-0.15, -0.1) is 6.58 Å². The molecule has 0 aliphatic carbocycles. The van der Waals surface area contributed by atoms with Gasteiger partial charge in [0.25, 0.3) is 0 Å². The number of nitrogens with zero attached hydrogens (tertiary/aromatic N) is 1. The lowest BCUT2D eigenvalue weighted by atomic mass is 9.95. The molecule has 0 heterocycles. The van der Waals surface area contributed by atoms with Crippen LogP contribution in [-0.4, -0.2) is 63.9 Å². The first-order valence-electron chi connectivity index (χ1n) is 17.3. The first-order valence-corrected chi connectivity index (χ1v) is 17.3. The highest BCUT2D eigenvalue weighted by molar-refractivity contribution is 5.71. The van der Waals surface area contributed by atoms with Gasteiger partial charge in [-0.3, -0.25) is 14.4 Å². The molecule has 7 nitrogen and oxygen atoms in total. The highest BCUT2D eigenvalue weighted by Gasteiger charge is 2.40. The van der Waals surface area contributed by atoms with Gasteiger partial charge >= 0.3 is 17.9 Å². The van der Waals surface area contributed by atoms with Gasteiger partial charge in [0.1, 0.15) is 17.8 Å². The highest BCUT2D eigenvalue weighted by Crippen LogP contribution is 2.25. The molecule has 0 radical (unpaired) electrons. The van der Waals surface area contributed by atoms with Crippen molar-refractivity contribution in [1.82, 2.24) is 0 Å². The number of rotatable bonds is 31. The summed E-state index contributed by atoms with van der Waals surface area (Å²) in [4.78, 5) is 36.0. The van der Waals surface area contributed by atoms with E-state index in [4.69, 9.17) is 0 Å². The smallest absolute Gasteiger partial charge is 0.312 e. The minimum absolute atomic E-state index is 0.260. The summed E-state index contributed by atoms with van der Waals surface area (Å²) in [6, 6.07) is 0. The molecule has 0 saturated carbocycles. The van der Waals surface area contributed by atoms with Gasteiger partial charge < -0.3 is 19.8 Å². The monoisotopic (exact) mass is 596 g/mol. The summed E-state index contributed by atoms with van der Waals surface area (Å²) in [5, 5.41) is 29.5. The number of aliphatic carboxylic acids is 3. The third kappa shape index (κ3) is 19.3. The highest BCUT2D eigenvalue weighted by atomic mass is 16.4. The number of quaternary nitrogens is 1. The number of allylic oxidation sites excluding steroid dienone is 1. The Labute approximate surface area is 257 Å².